The molecule has 1 aromatic carbocycles. The predicted octanol–water partition coefficient (Wildman–Crippen LogP) is 3.79. The van der Waals surface area contributed by atoms with Gasteiger partial charge in [-0.25, -0.2) is 4.98 Å². The highest BCUT2D eigenvalue weighted by Gasteiger charge is 2.19. The van der Waals surface area contributed by atoms with Crippen molar-refractivity contribution < 1.29 is 0 Å². The molecule has 1 aliphatic rings. The van der Waals surface area contributed by atoms with Gasteiger partial charge < -0.3 is 4.57 Å². The average molecular weight is 247 g/mol. The Kier molecular flexibility index (Phi) is 2.67. The molecular weight excluding hydrogens is 232 g/mol. The molecular formula is C14H15ClN2. The number of aryl methyl sites for hydroxylation is 1. The van der Waals surface area contributed by atoms with Crippen LogP contribution in [0.25, 0.3) is 11.4 Å². The Labute approximate surface area is 106 Å². The maximum Gasteiger partial charge on any atom is 0.140 e. The lowest BCUT2D eigenvalue weighted by molar-refractivity contribution is 0.402. The maximum atomic E-state index is 6.04. The summed E-state index contributed by atoms with van der Waals surface area (Å²) in [7, 11) is 0. The molecule has 0 amide bonds. The first-order valence-corrected chi connectivity index (χ1v) is 6.42. The number of aromatic nitrogens is 2. The molecule has 0 fully saturated rings. The molecule has 2 nitrogen and oxygen atoms in total. The highest BCUT2D eigenvalue weighted by Crippen LogP contribution is 2.28. The summed E-state index contributed by atoms with van der Waals surface area (Å²) in [5, 5.41) is 0.767. The fourth-order valence-electron chi connectivity index (χ4n) is 2.47. The summed E-state index contributed by atoms with van der Waals surface area (Å²) in [4.78, 5) is 4.55. The number of benzene rings is 1. The quantitative estimate of drug-likeness (QED) is 0.749. The van der Waals surface area contributed by atoms with Crippen molar-refractivity contribution in [3.8, 4) is 11.4 Å². The van der Waals surface area contributed by atoms with Crippen molar-refractivity contribution in [2.45, 2.75) is 26.3 Å². The minimum absolute atomic E-state index is 0.731. The van der Waals surface area contributed by atoms with E-state index in [-0.39, 0.29) is 0 Å². The average Bonchev–Trinajstić information content (AvgIpc) is 2.71. The van der Waals surface area contributed by atoms with Crippen LogP contribution in [0.3, 0.4) is 0 Å². The van der Waals surface area contributed by atoms with E-state index >= 15 is 0 Å². The van der Waals surface area contributed by atoms with Gasteiger partial charge in [0.05, 0.1) is 0 Å². The number of halogens is 1. The third kappa shape index (κ3) is 1.98. The van der Waals surface area contributed by atoms with Gasteiger partial charge in [0.2, 0.25) is 0 Å². The largest absolute Gasteiger partial charge is 0.328 e. The molecule has 1 atom stereocenters. The van der Waals surface area contributed by atoms with Gasteiger partial charge in [-0.15, -0.1) is 0 Å². The summed E-state index contributed by atoms with van der Waals surface area (Å²) >= 11 is 6.04. The molecule has 3 heteroatoms. The van der Waals surface area contributed by atoms with Gasteiger partial charge >= 0.3 is 0 Å². The number of nitrogens with zero attached hydrogens (tertiary/aromatic N) is 2. The van der Waals surface area contributed by atoms with Crippen LogP contribution in [0.4, 0.5) is 0 Å². The van der Waals surface area contributed by atoms with Crippen LogP contribution in [-0.2, 0) is 13.0 Å². The standard InChI is InChI=1S/C14H15ClN2/c1-10-5-6-13-8-16-14(17(13)9-10)11-3-2-4-12(15)7-11/h2-4,7-8,10H,5-6,9H2,1H3. The van der Waals surface area contributed by atoms with Crippen molar-refractivity contribution in [2.24, 2.45) is 5.92 Å². The van der Waals surface area contributed by atoms with Crippen molar-refractivity contribution in [2.75, 3.05) is 0 Å². The van der Waals surface area contributed by atoms with Crippen LogP contribution in [0.5, 0.6) is 0 Å². The van der Waals surface area contributed by atoms with Crippen LogP contribution in [0.2, 0.25) is 5.02 Å². The third-order valence-corrected chi connectivity index (χ3v) is 3.64. The van der Waals surface area contributed by atoms with E-state index < -0.39 is 0 Å². The van der Waals surface area contributed by atoms with E-state index in [1.165, 1.54) is 12.1 Å². The number of imidazole rings is 1. The summed E-state index contributed by atoms with van der Waals surface area (Å²) in [6.45, 7) is 3.36. The van der Waals surface area contributed by atoms with E-state index in [4.69, 9.17) is 11.6 Å². The molecule has 17 heavy (non-hydrogen) atoms. The maximum absolute atomic E-state index is 6.04. The minimum Gasteiger partial charge on any atom is -0.328 e. The van der Waals surface area contributed by atoms with E-state index in [2.05, 4.69) is 22.5 Å². The molecule has 0 spiro atoms. The molecule has 0 N–H and O–H groups in total. The molecule has 2 aromatic rings. The first kappa shape index (κ1) is 10.8. The molecule has 0 bridgehead atoms. The summed E-state index contributed by atoms with van der Waals surface area (Å²) in [5.74, 6) is 1.78. The Morgan fingerprint density at radius 1 is 1.41 bits per heavy atom. The van der Waals surface area contributed by atoms with Crippen LogP contribution in [0, 0.1) is 5.92 Å². The third-order valence-electron chi connectivity index (χ3n) is 3.41. The summed E-state index contributed by atoms with van der Waals surface area (Å²) in [6, 6.07) is 7.93. The van der Waals surface area contributed by atoms with Gasteiger partial charge in [0.1, 0.15) is 5.82 Å². The lowest BCUT2D eigenvalue weighted by atomic mass is 10.00. The molecule has 1 aliphatic heterocycles. The van der Waals surface area contributed by atoms with Gasteiger partial charge in [-0.2, -0.15) is 0 Å². The molecule has 1 unspecified atom stereocenters. The Bertz CT molecular complexity index is 545. The molecule has 1 aromatic heterocycles. The van der Waals surface area contributed by atoms with E-state index in [0.717, 1.165) is 35.3 Å². The van der Waals surface area contributed by atoms with Crippen molar-refractivity contribution in [3.05, 3.63) is 41.2 Å². The molecule has 0 radical (unpaired) electrons. The topological polar surface area (TPSA) is 17.8 Å². The van der Waals surface area contributed by atoms with Gasteiger partial charge in [-0.1, -0.05) is 30.7 Å². The zero-order valence-electron chi connectivity index (χ0n) is 9.86. The van der Waals surface area contributed by atoms with Crippen LogP contribution in [-0.4, -0.2) is 9.55 Å². The van der Waals surface area contributed by atoms with Gasteiger partial charge in [-0.3, -0.25) is 0 Å². The van der Waals surface area contributed by atoms with Crippen LogP contribution in [0.1, 0.15) is 19.0 Å². The van der Waals surface area contributed by atoms with Crippen molar-refractivity contribution in [1.82, 2.24) is 9.55 Å². The van der Waals surface area contributed by atoms with E-state index in [1.54, 1.807) is 0 Å². The lowest BCUT2D eigenvalue weighted by Gasteiger charge is -2.22. The fraction of sp³-hybridized carbons (Fsp3) is 0.357. The van der Waals surface area contributed by atoms with E-state index in [9.17, 15) is 0 Å². The van der Waals surface area contributed by atoms with Crippen molar-refractivity contribution in [3.63, 3.8) is 0 Å². The lowest BCUT2D eigenvalue weighted by Crippen LogP contribution is -2.18. The zero-order chi connectivity index (χ0) is 11.8. The number of fused-ring (bicyclic) bond motifs is 1. The summed E-state index contributed by atoms with van der Waals surface area (Å²) in [6.07, 6.45) is 4.40. The highest BCUT2D eigenvalue weighted by atomic mass is 35.5. The number of rotatable bonds is 1. The molecule has 0 saturated heterocycles. The Hall–Kier alpha value is -1.28. The smallest absolute Gasteiger partial charge is 0.140 e. The normalized spacial score (nSPS) is 19.1. The Balaban J connectivity index is 2.07. The first-order valence-electron chi connectivity index (χ1n) is 6.04. The van der Waals surface area contributed by atoms with Crippen molar-refractivity contribution >= 4 is 11.6 Å². The van der Waals surface area contributed by atoms with Crippen LogP contribution in [0.15, 0.2) is 30.5 Å². The van der Waals surface area contributed by atoms with Crippen LogP contribution >= 0.6 is 11.6 Å². The van der Waals surface area contributed by atoms with Gasteiger partial charge in [0, 0.05) is 29.0 Å². The predicted molar refractivity (Wildman–Crippen MR) is 70.2 cm³/mol. The highest BCUT2D eigenvalue weighted by molar-refractivity contribution is 6.30. The second kappa shape index (κ2) is 4.19. The number of hydrogen-bond acceptors (Lipinski definition) is 1. The second-order valence-electron chi connectivity index (χ2n) is 4.84. The Morgan fingerprint density at radius 2 is 2.29 bits per heavy atom. The summed E-state index contributed by atoms with van der Waals surface area (Å²) < 4.78 is 2.33. The second-order valence-corrected chi connectivity index (χ2v) is 5.27. The van der Waals surface area contributed by atoms with Crippen molar-refractivity contribution in [1.29, 1.82) is 0 Å². The van der Waals surface area contributed by atoms with Gasteiger partial charge in [-0.05, 0) is 30.9 Å². The first-order chi connectivity index (χ1) is 8.24. The molecule has 0 saturated carbocycles. The summed E-state index contributed by atoms with van der Waals surface area (Å²) in [5.41, 5.74) is 2.45. The minimum atomic E-state index is 0.731. The van der Waals surface area contributed by atoms with E-state index in [0.29, 0.717) is 0 Å². The SMILES string of the molecule is CC1CCc2cnc(-c3cccc(Cl)c3)n2C1. The monoisotopic (exact) mass is 246 g/mol. The molecule has 0 aliphatic carbocycles. The zero-order valence-corrected chi connectivity index (χ0v) is 10.6. The van der Waals surface area contributed by atoms with Crippen LogP contribution < -0.4 is 0 Å². The fourth-order valence-corrected chi connectivity index (χ4v) is 2.66. The molecule has 2 heterocycles. The van der Waals surface area contributed by atoms with E-state index in [1.807, 2.05) is 24.4 Å². The molecule has 3 rings (SSSR count). The molecule has 88 valence electrons. The number of hydrogen-bond donors (Lipinski definition) is 0. The van der Waals surface area contributed by atoms with Gasteiger partial charge in [0.15, 0.2) is 0 Å². The van der Waals surface area contributed by atoms with Gasteiger partial charge in [0.25, 0.3) is 0 Å². The Morgan fingerprint density at radius 3 is 3.12 bits per heavy atom.